The van der Waals surface area contributed by atoms with Gasteiger partial charge in [0.15, 0.2) is 0 Å². The zero-order valence-corrected chi connectivity index (χ0v) is 12.8. The minimum atomic E-state index is -0.790. The second-order valence-electron chi connectivity index (χ2n) is 6.31. The standard InChI is InChI=1S/C15H26N2O3/c1-4-7-12-13(18)17(15(2,3)14(19)16-12)10-11-8-5-6-9-20-11/h11-12H,4-10H2,1-3H3,(H,16,19). The lowest BCUT2D eigenvalue weighted by Gasteiger charge is -2.45. The molecule has 0 aliphatic carbocycles. The van der Waals surface area contributed by atoms with Gasteiger partial charge in [-0.15, -0.1) is 0 Å². The zero-order valence-electron chi connectivity index (χ0n) is 12.8. The molecule has 0 aromatic carbocycles. The van der Waals surface area contributed by atoms with E-state index in [4.69, 9.17) is 4.74 Å². The third kappa shape index (κ3) is 2.97. The van der Waals surface area contributed by atoms with E-state index in [9.17, 15) is 9.59 Å². The van der Waals surface area contributed by atoms with Gasteiger partial charge in [-0.1, -0.05) is 13.3 Å². The number of rotatable bonds is 4. The van der Waals surface area contributed by atoms with Gasteiger partial charge in [-0.3, -0.25) is 9.59 Å². The van der Waals surface area contributed by atoms with Crippen molar-refractivity contribution in [2.45, 2.75) is 70.6 Å². The first-order chi connectivity index (χ1) is 9.46. The van der Waals surface area contributed by atoms with E-state index in [0.717, 1.165) is 32.3 Å². The fraction of sp³-hybridized carbons (Fsp3) is 0.867. The lowest BCUT2D eigenvalue weighted by molar-refractivity contribution is -0.158. The summed E-state index contributed by atoms with van der Waals surface area (Å²) in [7, 11) is 0. The molecule has 114 valence electrons. The highest BCUT2D eigenvalue weighted by atomic mass is 16.5. The van der Waals surface area contributed by atoms with E-state index in [2.05, 4.69) is 5.32 Å². The normalized spacial score (nSPS) is 30.2. The third-order valence-corrected chi connectivity index (χ3v) is 4.34. The lowest BCUT2D eigenvalue weighted by atomic mass is 9.93. The van der Waals surface area contributed by atoms with Crippen molar-refractivity contribution in [3.63, 3.8) is 0 Å². The Balaban J connectivity index is 2.11. The molecule has 0 radical (unpaired) electrons. The second kappa shape index (κ2) is 6.12. The molecule has 2 fully saturated rings. The van der Waals surface area contributed by atoms with Crippen LogP contribution in [0.25, 0.3) is 0 Å². The predicted octanol–water partition coefficient (Wildman–Crippen LogP) is 1.46. The number of amides is 2. The Morgan fingerprint density at radius 2 is 2.10 bits per heavy atom. The quantitative estimate of drug-likeness (QED) is 0.849. The molecule has 0 bridgehead atoms. The molecule has 0 aromatic heterocycles. The highest BCUT2D eigenvalue weighted by molar-refractivity contribution is 5.99. The summed E-state index contributed by atoms with van der Waals surface area (Å²) in [5.74, 6) is -0.0306. The Kier molecular flexibility index (Phi) is 4.68. The van der Waals surface area contributed by atoms with Crippen LogP contribution >= 0.6 is 0 Å². The Bertz CT molecular complexity index is 375. The van der Waals surface area contributed by atoms with Crippen LogP contribution in [0.5, 0.6) is 0 Å². The minimum absolute atomic E-state index is 0.0330. The molecule has 2 rings (SSSR count). The van der Waals surface area contributed by atoms with E-state index in [1.54, 1.807) is 4.90 Å². The maximum absolute atomic E-state index is 12.6. The van der Waals surface area contributed by atoms with Crippen LogP contribution in [0, 0.1) is 0 Å². The summed E-state index contributed by atoms with van der Waals surface area (Å²) in [4.78, 5) is 26.6. The van der Waals surface area contributed by atoms with Crippen molar-refractivity contribution in [3.8, 4) is 0 Å². The average Bonchev–Trinajstić information content (AvgIpc) is 2.43. The monoisotopic (exact) mass is 282 g/mol. The van der Waals surface area contributed by atoms with Crippen LogP contribution in [0.1, 0.15) is 52.9 Å². The van der Waals surface area contributed by atoms with Crippen molar-refractivity contribution in [2.75, 3.05) is 13.2 Å². The summed E-state index contributed by atoms with van der Waals surface area (Å²) in [6, 6.07) is -0.371. The van der Waals surface area contributed by atoms with E-state index in [0.29, 0.717) is 13.0 Å². The van der Waals surface area contributed by atoms with Crippen molar-refractivity contribution < 1.29 is 14.3 Å². The van der Waals surface area contributed by atoms with Crippen molar-refractivity contribution in [3.05, 3.63) is 0 Å². The smallest absolute Gasteiger partial charge is 0.246 e. The van der Waals surface area contributed by atoms with Crippen LogP contribution in [-0.2, 0) is 14.3 Å². The molecule has 2 saturated heterocycles. The first-order valence-corrected chi connectivity index (χ1v) is 7.71. The Morgan fingerprint density at radius 3 is 2.70 bits per heavy atom. The van der Waals surface area contributed by atoms with Crippen LogP contribution in [0.3, 0.4) is 0 Å². The van der Waals surface area contributed by atoms with Gasteiger partial charge in [0.25, 0.3) is 0 Å². The fourth-order valence-corrected chi connectivity index (χ4v) is 2.94. The molecule has 2 atom stereocenters. The molecule has 0 spiro atoms. The molecule has 0 saturated carbocycles. The third-order valence-electron chi connectivity index (χ3n) is 4.34. The predicted molar refractivity (Wildman–Crippen MR) is 76.2 cm³/mol. The molecule has 20 heavy (non-hydrogen) atoms. The Hall–Kier alpha value is -1.10. The summed E-state index contributed by atoms with van der Waals surface area (Å²) in [5, 5.41) is 2.85. The first kappa shape index (κ1) is 15.3. The van der Waals surface area contributed by atoms with Gasteiger partial charge in [-0.2, -0.15) is 0 Å². The number of nitrogens with one attached hydrogen (secondary N) is 1. The van der Waals surface area contributed by atoms with E-state index >= 15 is 0 Å². The van der Waals surface area contributed by atoms with Crippen LogP contribution in [0.15, 0.2) is 0 Å². The average molecular weight is 282 g/mol. The Morgan fingerprint density at radius 1 is 1.35 bits per heavy atom. The van der Waals surface area contributed by atoms with Crippen LogP contribution in [0.4, 0.5) is 0 Å². The molecule has 5 nitrogen and oxygen atoms in total. The number of hydrogen-bond acceptors (Lipinski definition) is 3. The number of carbonyl (C=O) groups excluding carboxylic acids is 2. The maximum Gasteiger partial charge on any atom is 0.246 e. The summed E-state index contributed by atoms with van der Waals surface area (Å²) in [6.45, 7) is 6.93. The summed E-state index contributed by atoms with van der Waals surface area (Å²) in [6.07, 6.45) is 4.85. The highest BCUT2D eigenvalue weighted by Crippen LogP contribution is 2.25. The molecular formula is C15H26N2O3. The van der Waals surface area contributed by atoms with Gasteiger partial charge in [0.05, 0.1) is 6.10 Å². The van der Waals surface area contributed by atoms with Gasteiger partial charge in [-0.25, -0.2) is 0 Å². The first-order valence-electron chi connectivity index (χ1n) is 7.71. The summed E-state index contributed by atoms with van der Waals surface area (Å²) in [5.41, 5.74) is -0.790. The SMILES string of the molecule is CCCC1NC(=O)C(C)(C)N(CC2CCCCO2)C1=O. The highest BCUT2D eigenvalue weighted by Gasteiger charge is 2.46. The van der Waals surface area contributed by atoms with Crippen molar-refractivity contribution >= 4 is 11.8 Å². The Labute approximate surface area is 121 Å². The van der Waals surface area contributed by atoms with E-state index in [1.807, 2.05) is 20.8 Å². The van der Waals surface area contributed by atoms with Crippen molar-refractivity contribution in [2.24, 2.45) is 0 Å². The van der Waals surface area contributed by atoms with E-state index in [-0.39, 0.29) is 24.0 Å². The molecule has 2 aliphatic heterocycles. The number of nitrogens with zero attached hydrogens (tertiary/aromatic N) is 1. The van der Waals surface area contributed by atoms with Crippen molar-refractivity contribution in [1.82, 2.24) is 10.2 Å². The van der Waals surface area contributed by atoms with Gasteiger partial charge in [0, 0.05) is 13.2 Å². The van der Waals surface area contributed by atoms with E-state index in [1.165, 1.54) is 0 Å². The van der Waals surface area contributed by atoms with Gasteiger partial charge in [0.1, 0.15) is 11.6 Å². The van der Waals surface area contributed by atoms with Gasteiger partial charge < -0.3 is 15.0 Å². The maximum atomic E-state index is 12.6. The molecule has 2 amide bonds. The number of piperazine rings is 1. The van der Waals surface area contributed by atoms with Crippen LogP contribution in [-0.4, -0.2) is 47.6 Å². The van der Waals surface area contributed by atoms with Gasteiger partial charge in [0.2, 0.25) is 11.8 Å². The van der Waals surface area contributed by atoms with Crippen LogP contribution in [0.2, 0.25) is 0 Å². The molecule has 0 aromatic rings. The summed E-state index contributed by atoms with van der Waals surface area (Å²) >= 11 is 0. The zero-order chi connectivity index (χ0) is 14.8. The molecule has 2 heterocycles. The molecule has 2 unspecified atom stereocenters. The molecular weight excluding hydrogens is 256 g/mol. The number of ether oxygens (including phenoxy) is 1. The van der Waals surface area contributed by atoms with Crippen molar-refractivity contribution in [1.29, 1.82) is 0 Å². The van der Waals surface area contributed by atoms with Crippen LogP contribution < -0.4 is 5.32 Å². The second-order valence-corrected chi connectivity index (χ2v) is 6.31. The topological polar surface area (TPSA) is 58.6 Å². The molecule has 5 heteroatoms. The number of hydrogen-bond donors (Lipinski definition) is 1. The van der Waals surface area contributed by atoms with Gasteiger partial charge >= 0.3 is 0 Å². The molecule has 2 aliphatic rings. The lowest BCUT2D eigenvalue weighted by Crippen LogP contribution is -2.69. The van der Waals surface area contributed by atoms with E-state index < -0.39 is 5.54 Å². The minimum Gasteiger partial charge on any atom is -0.376 e. The summed E-state index contributed by atoms with van der Waals surface area (Å²) < 4.78 is 5.73. The molecule has 1 N–H and O–H groups in total. The number of carbonyl (C=O) groups is 2. The largest absolute Gasteiger partial charge is 0.376 e. The van der Waals surface area contributed by atoms with Gasteiger partial charge in [-0.05, 0) is 39.5 Å². The fourth-order valence-electron chi connectivity index (χ4n) is 2.94.